The van der Waals surface area contributed by atoms with Crippen molar-refractivity contribution in [3.8, 4) is 5.75 Å². The number of hydrogen-bond acceptors (Lipinski definition) is 3. The monoisotopic (exact) mass is 278 g/mol. The van der Waals surface area contributed by atoms with Gasteiger partial charge in [-0.2, -0.15) is 0 Å². The normalized spacial score (nSPS) is 12.7. The van der Waals surface area contributed by atoms with Crippen molar-refractivity contribution in [1.29, 1.82) is 0 Å². The van der Waals surface area contributed by atoms with Crippen molar-refractivity contribution in [3.63, 3.8) is 0 Å². The molecule has 1 N–H and O–H groups in total. The van der Waals surface area contributed by atoms with Crippen LogP contribution < -0.4 is 10.1 Å². The second kappa shape index (κ2) is 8.98. The molecule has 0 spiro atoms. The van der Waals surface area contributed by atoms with Crippen molar-refractivity contribution in [2.24, 2.45) is 0 Å². The average molecular weight is 278 g/mol. The molecule has 114 valence electrons. The first-order valence-corrected chi connectivity index (χ1v) is 7.68. The summed E-state index contributed by atoms with van der Waals surface area (Å²) in [5, 5.41) is 3.66. The van der Waals surface area contributed by atoms with Crippen LogP contribution in [0.1, 0.15) is 43.9 Å². The molecule has 1 aromatic carbocycles. The van der Waals surface area contributed by atoms with E-state index in [1.807, 2.05) is 0 Å². The Morgan fingerprint density at radius 3 is 2.60 bits per heavy atom. The van der Waals surface area contributed by atoms with Crippen LogP contribution in [0.4, 0.5) is 0 Å². The van der Waals surface area contributed by atoms with E-state index in [0.29, 0.717) is 6.04 Å². The quantitative estimate of drug-likeness (QED) is 0.749. The lowest BCUT2D eigenvalue weighted by Crippen LogP contribution is -2.34. The number of methoxy groups -OCH3 is 1. The number of hydrogen-bond donors (Lipinski definition) is 1. The van der Waals surface area contributed by atoms with Crippen molar-refractivity contribution in [3.05, 3.63) is 29.3 Å². The molecule has 0 aliphatic carbocycles. The molecule has 0 saturated heterocycles. The van der Waals surface area contributed by atoms with Gasteiger partial charge in [0.1, 0.15) is 5.75 Å². The highest BCUT2D eigenvalue weighted by Crippen LogP contribution is 2.27. The first kappa shape index (κ1) is 17.0. The van der Waals surface area contributed by atoms with Crippen LogP contribution in [0.3, 0.4) is 0 Å². The Morgan fingerprint density at radius 1 is 1.25 bits per heavy atom. The van der Waals surface area contributed by atoms with Crippen LogP contribution in [-0.4, -0.2) is 38.7 Å². The topological polar surface area (TPSA) is 24.5 Å². The summed E-state index contributed by atoms with van der Waals surface area (Å²) in [7, 11) is 3.94. The highest BCUT2D eigenvalue weighted by molar-refractivity contribution is 5.39. The van der Waals surface area contributed by atoms with E-state index in [0.717, 1.165) is 31.8 Å². The first-order chi connectivity index (χ1) is 9.62. The molecule has 0 heterocycles. The Balaban J connectivity index is 2.93. The molecule has 20 heavy (non-hydrogen) atoms. The Kier molecular flexibility index (Phi) is 7.63. The second-order valence-electron chi connectivity index (χ2n) is 5.51. The maximum atomic E-state index is 5.54. The summed E-state index contributed by atoms with van der Waals surface area (Å²) >= 11 is 0. The molecule has 1 atom stereocenters. The molecule has 1 unspecified atom stereocenters. The van der Waals surface area contributed by atoms with Gasteiger partial charge in [0.15, 0.2) is 0 Å². The lowest BCUT2D eigenvalue weighted by molar-refractivity contribution is 0.286. The predicted octanol–water partition coefficient (Wildman–Crippen LogP) is 3.39. The van der Waals surface area contributed by atoms with Crippen molar-refractivity contribution < 1.29 is 4.74 Å². The van der Waals surface area contributed by atoms with Gasteiger partial charge in [-0.25, -0.2) is 0 Å². The van der Waals surface area contributed by atoms with Gasteiger partial charge in [-0.1, -0.05) is 31.5 Å². The van der Waals surface area contributed by atoms with E-state index in [4.69, 9.17) is 4.74 Å². The minimum atomic E-state index is 0.321. The smallest absolute Gasteiger partial charge is 0.123 e. The van der Waals surface area contributed by atoms with Gasteiger partial charge in [0, 0.05) is 18.2 Å². The van der Waals surface area contributed by atoms with E-state index in [9.17, 15) is 0 Å². The summed E-state index contributed by atoms with van der Waals surface area (Å²) < 4.78 is 5.54. The molecular weight excluding hydrogens is 248 g/mol. The Morgan fingerprint density at radius 2 is 2.00 bits per heavy atom. The summed E-state index contributed by atoms with van der Waals surface area (Å²) in [5.74, 6) is 0.981. The molecule has 0 aromatic heterocycles. The number of likely N-dealkylation sites (N-methyl/N-ethyl adjacent to an activating group) is 1. The summed E-state index contributed by atoms with van der Waals surface area (Å²) in [4.78, 5) is 2.38. The van der Waals surface area contributed by atoms with E-state index in [1.54, 1.807) is 7.11 Å². The molecule has 3 heteroatoms. The summed E-state index contributed by atoms with van der Waals surface area (Å²) in [6.45, 7) is 9.72. The minimum absolute atomic E-state index is 0.321. The van der Waals surface area contributed by atoms with Gasteiger partial charge in [-0.3, -0.25) is 0 Å². The standard InChI is InChI=1S/C17H30N2O/c1-6-10-18-16(13-19(4)11-7-2)15-12-14(3)8-9-17(15)20-5/h8-9,12,16,18H,6-7,10-11,13H2,1-5H3. The SMILES string of the molecule is CCCNC(CN(C)CCC)c1cc(C)ccc1OC. The highest BCUT2D eigenvalue weighted by atomic mass is 16.5. The zero-order valence-corrected chi connectivity index (χ0v) is 13.7. The molecule has 0 bridgehead atoms. The third-order valence-electron chi connectivity index (χ3n) is 3.50. The maximum absolute atomic E-state index is 5.54. The van der Waals surface area contributed by atoms with Gasteiger partial charge in [-0.15, -0.1) is 0 Å². The van der Waals surface area contributed by atoms with Crippen molar-refractivity contribution in [2.45, 2.75) is 39.7 Å². The maximum Gasteiger partial charge on any atom is 0.123 e. The summed E-state index contributed by atoms with van der Waals surface area (Å²) in [6, 6.07) is 6.74. The molecule has 0 radical (unpaired) electrons. The van der Waals surface area contributed by atoms with Crippen molar-refractivity contribution >= 4 is 0 Å². The molecule has 1 aromatic rings. The van der Waals surface area contributed by atoms with Crippen LogP contribution in [0.2, 0.25) is 0 Å². The van der Waals surface area contributed by atoms with E-state index >= 15 is 0 Å². The number of benzene rings is 1. The molecule has 0 fully saturated rings. The molecule has 1 rings (SSSR count). The van der Waals surface area contributed by atoms with E-state index in [1.165, 1.54) is 17.5 Å². The zero-order chi connectivity index (χ0) is 15.0. The molecule has 0 saturated carbocycles. The third-order valence-corrected chi connectivity index (χ3v) is 3.50. The number of nitrogens with zero attached hydrogens (tertiary/aromatic N) is 1. The zero-order valence-electron chi connectivity index (χ0n) is 13.7. The van der Waals surface area contributed by atoms with Gasteiger partial charge < -0.3 is 15.0 Å². The Bertz CT molecular complexity index is 393. The number of ether oxygens (including phenoxy) is 1. The fraction of sp³-hybridized carbons (Fsp3) is 0.647. The van der Waals surface area contributed by atoms with E-state index in [-0.39, 0.29) is 0 Å². The largest absolute Gasteiger partial charge is 0.496 e. The van der Waals surface area contributed by atoms with E-state index in [2.05, 4.69) is 56.2 Å². The van der Waals surface area contributed by atoms with Crippen LogP contribution in [0.25, 0.3) is 0 Å². The van der Waals surface area contributed by atoms with Crippen LogP contribution in [0, 0.1) is 6.92 Å². The van der Waals surface area contributed by atoms with Gasteiger partial charge in [0.2, 0.25) is 0 Å². The highest BCUT2D eigenvalue weighted by Gasteiger charge is 2.17. The van der Waals surface area contributed by atoms with Gasteiger partial charge >= 0.3 is 0 Å². The fourth-order valence-electron chi connectivity index (χ4n) is 2.50. The molecule has 0 aliphatic heterocycles. The van der Waals surface area contributed by atoms with Crippen LogP contribution in [0.15, 0.2) is 18.2 Å². The van der Waals surface area contributed by atoms with Crippen molar-refractivity contribution in [2.75, 3.05) is 33.8 Å². The van der Waals surface area contributed by atoms with E-state index < -0.39 is 0 Å². The van der Waals surface area contributed by atoms with Crippen LogP contribution >= 0.6 is 0 Å². The molecule has 3 nitrogen and oxygen atoms in total. The second-order valence-corrected chi connectivity index (χ2v) is 5.51. The third kappa shape index (κ3) is 5.14. The fourth-order valence-corrected chi connectivity index (χ4v) is 2.50. The van der Waals surface area contributed by atoms with Gasteiger partial charge in [-0.05, 0) is 46.0 Å². The molecular formula is C17H30N2O. The van der Waals surface area contributed by atoms with Crippen LogP contribution in [0.5, 0.6) is 5.75 Å². The first-order valence-electron chi connectivity index (χ1n) is 7.68. The number of aryl methyl sites for hydroxylation is 1. The summed E-state index contributed by atoms with van der Waals surface area (Å²) in [6.07, 6.45) is 2.32. The lowest BCUT2D eigenvalue weighted by Gasteiger charge is -2.26. The molecule has 0 amide bonds. The predicted molar refractivity (Wildman–Crippen MR) is 86.6 cm³/mol. The summed E-state index contributed by atoms with van der Waals surface area (Å²) in [5.41, 5.74) is 2.55. The van der Waals surface area contributed by atoms with Crippen molar-refractivity contribution in [1.82, 2.24) is 10.2 Å². The minimum Gasteiger partial charge on any atom is -0.496 e. The van der Waals surface area contributed by atoms with Crippen LogP contribution in [-0.2, 0) is 0 Å². The number of rotatable bonds is 9. The lowest BCUT2D eigenvalue weighted by atomic mass is 10.0. The Labute approximate surface area is 124 Å². The van der Waals surface area contributed by atoms with Gasteiger partial charge in [0.05, 0.1) is 7.11 Å². The number of nitrogens with one attached hydrogen (secondary N) is 1. The average Bonchev–Trinajstić information content (AvgIpc) is 2.43. The molecule has 0 aliphatic rings. The Hall–Kier alpha value is -1.06. The van der Waals surface area contributed by atoms with Gasteiger partial charge in [0.25, 0.3) is 0 Å².